The Bertz CT molecular complexity index is 325. The molecule has 5 nitrogen and oxygen atoms in total. The zero-order chi connectivity index (χ0) is 15.8. The van der Waals surface area contributed by atoms with Crippen molar-refractivity contribution in [1.82, 2.24) is 10.6 Å². The Balaban J connectivity index is 3.88. The highest BCUT2D eigenvalue weighted by molar-refractivity contribution is 8.00. The van der Waals surface area contributed by atoms with E-state index in [4.69, 9.17) is 5.11 Å². The minimum absolute atomic E-state index is 0.0498. The fourth-order valence-electron chi connectivity index (χ4n) is 1.45. The van der Waals surface area contributed by atoms with E-state index in [1.807, 2.05) is 13.8 Å². The lowest BCUT2D eigenvalue weighted by molar-refractivity contribution is -0.142. The minimum atomic E-state index is -4.32. The van der Waals surface area contributed by atoms with E-state index in [1.165, 1.54) is 0 Å². The van der Waals surface area contributed by atoms with Crippen molar-refractivity contribution in [2.24, 2.45) is 11.8 Å². The molecule has 0 aliphatic carbocycles. The van der Waals surface area contributed by atoms with Crippen molar-refractivity contribution in [3.05, 3.63) is 0 Å². The van der Waals surface area contributed by atoms with E-state index in [9.17, 15) is 22.8 Å². The van der Waals surface area contributed by atoms with Crippen LogP contribution >= 0.6 is 11.8 Å². The molecule has 20 heavy (non-hydrogen) atoms. The molecule has 1 unspecified atom stereocenters. The fraction of sp³-hybridized carbons (Fsp3) is 0.818. The molecular weight excluding hydrogens is 297 g/mol. The van der Waals surface area contributed by atoms with E-state index >= 15 is 0 Å². The summed E-state index contributed by atoms with van der Waals surface area (Å²) in [6, 6.07) is -0.664. The topological polar surface area (TPSA) is 78.4 Å². The van der Waals surface area contributed by atoms with Gasteiger partial charge in [-0.1, -0.05) is 13.8 Å². The molecule has 0 aromatic rings. The third-order valence-corrected chi connectivity index (χ3v) is 3.00. The van der Waals surface area contributed by atoms with Crippen LogP contribution in [0.3, 0.4) is 0 Å². The Kier molecular flexibility index (Phi) is 8.43. The normalized spacial score (nSPS) is 13.1. The SMILES string of the molecule is CC(C)CC(CNC(=O)NCCSC(F)(F)F)C(=O)O. The highest BCUT2D eigenvalue weighted by Crippen LogP contribution is 2.29. The molecule has 0 bridgehead atoms. The van der Waals surface area contributed by atoms with Crippen molar-refractivity contribution in [3.63, 3.8) is 0 Å². The summed E-state index contributed by atoms with van der Waals surface area (Å²) in [7, 11) is 0. The molecule has 0 aromatic heterocycles. The zero-order valence-electron chi connectivity index (χ0n) is 11.3. The average molecular weight is 316 g/mol. The van der Waals surface area contributed by atoms with Gasteiger partial charge in [0.1, 0.15) is 0 Å². The Morgan fingerprint density at radius 2 is 1.85 bits per heavy atom. The number of carboxylic acids is 1. The van der Waals surface area contributed by atoms with E-state index in [1.54, 1.807) is 0 Å². The number of amides is 2. The van der Waals surface area contributed by atoms with Gasteiger partial charge in [0.25, 0.3) is 0 Å². The average Bonchev–Trinajstić information content (AvgIpc) is 2.28. The summed E-state index contributed by atoms with van der Waals surface area (Å²) in [4.78, 5) is 22.2. The molecule has 118 valence electrons. The summed E-state index contributed by atoms with van der Waals surface area (Å²) >= 11 is -0.223. The van der Waals surface area contributed by atoms with Crippen molar-refractivity contribution in [2.75, 3.05) is 18.8 Å². The van der Waals surface area contributed by atoms with Crippen molar-refractivity contribution in [1.29, 1.82) is 0 Å². The van der Waals surface area contributed by atoms with E-state index in [2.05, 4.69) is 10.6 Å². The first-order chi connectivity index (χ1) is 9.11. The monoisotopic (exact) mass is 316 g/mol. The molecule has 0 fully saturated rings. The highest BCUT2D eigenvalue weighted by atomic mass is 32.2. The van der Waals surface area contributed by atoms with Crippen LogP contribution in [0.25, 0.3) is 0 Å². The quantitative estimate of drug-likeness (QED) is 0.600. The van der Waals surface area contributed by atoms with E-state index in [0.717, 1.165) is 0 Å². The number of hydrogen-bond acceptors (Lipinski definition) is 3. The molecule has 9 heteroatoms. The second kappa shape index (κ2) is 8.93. The lowest BCUT2D eigenvalue weighted by Gasteiger charge is -2.15. The molecule has 0 aliphatic rings. The third kappa shape index (κ3) is 10.8. The minimum Gasteiger partial charge on any atom is -0.481 e. The molecule has 2 amide bonds. The van der Waals surface area contributed by atoms with Gasteiger partial charge in [-0.2, -0.15) is 13.2 Å². The molecule has 0 saturated carbocycles. The molecule has 0 saturated heterocycles. The van der Waals surface area contributed by atoms with Gasteiger partial charge in [-0.15, -0.1) is 0 Å². The van der Waals surface area contributed by atoms with Gasteiger partial charge in [0.05, 0.1) is 5.92 Å². The van der Waals surface area contributed by atoms with E-state index in [-0.39, 0.29) is 36.5 Å². The fourth-order valence-corrected chi connectivity index (χ4v) is 1.89. The second-order valence-electron chi connectivity index (χ2n) is 4.60. The first kappa shape index (κ1) is 18.9. The molecule has 0 rings (SSSR count). The molecule has 0 heterocycles. The Morgan fingerprint density at radius 3 is 2.30 bits per heavy atom. The Morgan fingerprint density at radius 1 is 1.25 bits per heavy atom. The molecule has 3 N–H and O–H groups in total. The summed E-state index contributed by atoms with van der Waals surface area (Å²) in [6.45, 7) is 3.54. The van der Waals surface area contributed by atoms with Gasteiger partial charge in [-0.05, 0) is 24.1 Å². The number of rotatable bonds is 8. The van der Waals surface area contributed by atoms with Crippen LogP contribution in [0.15, 0.2) is 0 Å². The molecule has 1 atom stereocenters. The summed E-state index contributed by atoms with van der Waals surface area (Å²) < 4.78 is 35.4. The Labute approximate surface area is 119 Å². The van der Waals surface area contributed by atoms with Gasteiger partial charge in [-0.3, -0.25) is 4.79 Å². The van der Waals surface area contributed by atoms with Crippen LogP contribution in [0.1, 0.15) is 20.3 Å². The number of aliphatic carboxylic acids is 1. The van der Waals surface area contributed by atoms with Gasteiger partial charge in [0.2, 0.25) is 0 Å². The Hall–Kier alpha value is -1.12. The van der Waals surface area contributed by atoms with Crippen LogP contribution in [-0.4, -0.2) is 41.5 Å². The van der Waals surface area contributed by atoms with Crippen molar-refractivity contribution >= 4 is 23.8 Å². The van der Waals surface area contributed by atoms with Crippen LogP contribution < -0.4 is 10.6 Å². The smallest absolute Gasteiger partial charge is 0.441 e. The molecule has 0 aromatic carbocycles. The lowest BCUT2D eigenvalue weighted by atomic mass is 9.97. The second-order valence-corrected chi connectivity index (χ2v) is 5.76. The zero-order valence-corrected chi connectivity index (χ0v) is 12.1. The van der Waals surface area contributed by atoms with Gasteiger partial charge < -0.3 is 15.7 Å². The van der Waals surface area contributed by atoms with E-state index < -0.39 is 23.4 Å². The van der Waals surface area contributed by atoms with Gasteiger partial charge in [0.15, 0.2) is 0 Å². The van der Waals surface area contributed by atoms with Gasteiger partial charge in [0, 0.05) is 18.8 Å². The van der Waals surface area contributed by atoms with Crippen LogP contribution in [0.2, 0.25) is 0 Å². The van der Waals surface area contributed by atoms with Crippen molar-refractivity contribution in [3.8, 4) is 0 Å². The number of halogens is 3. The first-order valence-corrected chi connectivity index (χ1v) is 7.05. The number of carbonyl (C=O) groups excluding carboxylic acids is 1. The first-order valence-electron chi connectivity index (χ1n) is 6.07. The van der Waals surface area contributed by atoms with Gasteiger partial charge >= 0.3 is 17.5 Å². The van der Waals surface area contributed by atoms with Crippen LogP contribution in [0.4, 0.5) is 18.0 Å². The largest absolute Gasteiger partial charge is 0.481 e. The number of carbonyl (C=O) groups is 2. The van der Waals surface area contributed by atoms with Crippen molar-refractivity contribution < 1.29 is 27.9 Å². The number of nitrogens with one attached hydrogen (secondary N) is 2. The van der Waals surface area contributed by atoms with E-state index in [0.29, 0.717) is 6.42 Å². The maximum absolute atomic E-state index is 11.8. The molecule has 0 aliphatic heterocycles. The van der Waals surface area contributed by atoms with Gasteiger partial charge in [-0.25, -0.2) is 4.79 Å². The number of carboxylic acid groups (broad SMARTS) is 1. The number of thioether (sulfide) groups is 1. The van der Waals surface area contributed by atoms with Crippen LogP contribution in [-0.2, 0) is 4.79 Å². The summed E-state index contributed by atoms with van der Waals surface area (Å²) in [5.74, 6) is -1.83. The summed E-state index contributed by atoms with van der Waals surface area (Å²) in [5.41, 5.74) is -4.32. The maximum atomic E-state index is 11.8. The maximum Gasteiger partial charge on any atom is 0.441 e. The van der Waals surface area contributed by atoms with Crippen LogP contribution in [0.5, 0.6) is 0 Å². The number of urea groups is 1. The molecule has 0 spiro atoms. The number of alkyl halides is 3. The highest BCUT2D eigenvalue weighted by Gasteiger charge is 2.27. The lowest BCUT2D eigenvalue weighted by Crippen LogP contribution is -2.41. The predicted molar refractivity (Wildman–Crippen MR) is 70.5 cm³/mol. The predicted octanol–water partition coefficient (Wildman–Crippen LogP) is 2.29. The third-order valence-electron chi connectivity index (χ3n) is 2.27. The summed E-state index contributed by atoms with van der Waals surface area (Å²) in [5, 5.41) is 13.5. The van der Waals surface area contributed by atoms with Crippen molar-refractivity contribution in [2.45, 2.75) is 25.8 Å². The molecule has 0 radical (unpaired) electrons. The van der Waals surface area contributed by atoms with Crippen LogP contribution in [0, 0.1) is 11.8 Å². The standard InChI is InChI=1S/C11H19F3N2O3S/c1-7(2)5-8(9(17)18)6-16-10(19)15-3-4-20-11(12,13)14/h7-8H,3-6H2,1-2H3,(H,17,18)(H2,15,16,19). The number of hydrogen-bond donors (Lipinski definition) is 3. The molecular formula is C11H19F3N2O3S. The summed E-state index contributed by atoms with van der Waals surface area (Å²) in [6.07, 6.45) is 0.416.